The van der Waals surface area contributed by atoms with E-state index in [1.54, 1.807) is 0 Å². The number of thioether (sulfide) groups is 1. The molecule has 2 N–H and O–H groups in total. The molecule has 0 bridgehead atoms. The Morgan fingerprint density at radius 3 is 2.76 bits per heavy atom. The van der Waals surface area contributed by atoms with E-state index in [2.05, 4.69) is 29.5 Å². The fourth-order valence-electron chi connectivity index (χ4n) is 1.78. The maximum Gasteiger partial charge on any atom is 0.240 e. The average molecular weight is 305 g/mol. The molecule has 0 unspecified atom stereocenters. The SMILES string of the molecule is CC(C)CN=C1NC(=O)[C@H](CC(=O)Nc2ccccc2)S1. The van der Waals surface area contributed by atoms with E-state index in [9.17, 15) is 9.59 Å². The summed E-state index contributed by atoms with van der Waals surface area (Å²) in [6.07, 6.45) is 0.145. The fourth-order valence-corrected chi connectivity index (χ4v) is 2.76. The van der Waals surface area contributed by atoms with Crippen LogP contribution in [-0.2, 0) is 9.59 Å². The highest BCUT2D eigenvalue weighted by molar-refractivity contribution is 8.15. The molecule has 1 aliphatic heterocycles. The first-order chi connectivity index (χ1) is 10.0. The molecule has 0 aliphatic carbocycles. The van der Waals surface area contributed by atoms with Gasteiger partial charge in [0.15, 0.2) is 5.17 Å². The minimum absolute atomic E-state index is 0.145. The van der Waals surface area contributed by atoms with Crippen LogP contribution in [0, 0.1) is 5.92 Å². The Kier molecular flexibility index (Phi) is 5.38. The van der Waals surface area contributed by atoms with Crippen LogP contribution in [0.1, 0.15) is 20.3 Å². The average Bonchev–Trinajstić information content (AvgIpc) is 2.78. The van der Waals surface area contributed by atoms with E-state index in [4.69, 9.17) is 0 Å². The summed E-state index contributed by atoms with van der Waals surface area (Å²) in [5.41, 5.74) is 0.736. The minimum atomic E-state index is -0.403. The van der Waals surface area contributed by atoms with Gasteiger partial charge in [-0.15, -0.1) is 0 Å². The van der Waals surface area contributed by atoms with Gasteiger partial charge in [0.25, 0.3) is 0 Å². The lowest BCUT2D eigenvalue weighted by Crippen LogP contribution is -2.28. The Bertz CT molecular complexity index is 543. The van der Waals surface area contributed by atoms with E-state index in [0.29, 0.717) is 17.6 Å². The number of amides is 2. The Balaban J connectivity index is 1.87. The lowest BCUT2D eigenvalue weighted by atomic mass is 10.2. The number of benzene rings is 1. The summed E-state index contributed by atoms with van der Waals surface area (Å²) in [7, 11) is 0. The molecule has 1 aromatic rings. The summed E-state index contributed by atoms with van der Waals surface area (Å²) in [5, 5.41) is 5.72. The van der Waals surface area contributed by atoms with Gasteiger partial charge in [-0.25, -0.2) is 0 Å². The second-order valence-corrected chi connectivity index (χ2v) is 6.45. The topological polar surface area (TPSA) is 70.6 Å². The van der Waals surface area contributed by atoms with E-state index >= 15 is 0 Å². The van der Waals surface area contributed by atoms with Crippen molar-refractivity contribution < 1.29 is 9.59 Å². The number of amidine groups is 1. The Morgan fingerprint density at radius 2 is 2.10 bits per heavy atom. The molecule has 0 radical (unpaired) electrons. The molecular weight excluding hydrogens is 286 g/mol. The first-order valence-corrected chi connectivity index (χ1v) is 7.79. The van der Waals surface area contributed by atoms with Crippen LogP contribution >= 0.6 is 11.8 Å². The highest BCUT2D eigenvalue weighted by Crippen LogP contribution is 2.23. The Hall–Kier alpha value is -1.82. The van der Waals surface area contributed by atoms with Gasteiger partial charge in [-0.2, -0.15) is 0 Å². The van der Waals surface area contributed by atoms with Gasteiger partial charge >= 0.3 is 0 Å². The van der Waals surface area contributed by atoms with E-state index in [-0.39, 0.29) is 18.2 Å². The molecular formula is C15H19N3O2S. The normalized spacial score (nSPS) is 19.9. The van der Waals surface area contributed by atoms with Crippen LogP contribution in [0.4, 0.5) is 5.69 Å². The molecule has 1 aromatic carbocycles. The van der Waals surface area contributed by atoms with Gasteiger partial charge in [-0.05, 0) is 18.1 Å². The summed E-state index contributed by atoms with van der Waals surface area (Å²) in [6, 6.07) is 9.21. The third-order valence-electron chi connectivity index (χ3n) is 2.80. The van der Waals surface area contributed by atoms with E-state index in [0.717, 1.165) is 5.69 Å². The molecule has 0 aromatic heterocycles. The Labute approximate surface area is 128 Å². The second kappa shape index (κ2) is 7.26. The number of carbonyl (C=O) groups excluding carboxylic acids is 2. The van der Waals surface area contributed by atoms with Gasteiger partial charge < -0.3 is 10.6 Å². The first-order valence-electron chi connectivity index (χ1n) is 6.91. The first kappa shape index (κ1) is 15.6. The number of rotatable bonds is 5. The molecule has 0 spiro atoms. The highest BCUT2D eigenvalue weighted by Gasteiger charge is 2.31. The quantitative estimate of drug-likeness (QED) is 0.876. The highest BCUT2D eigenvalue weighted by atomic mass is 32.2. The summed E-state index contributed by atoms with van der Waals surface area (Å²) in [4.78, 5) is 28.1. The molecule has 1 saturated heterocycles. The third kappa shape index (κ3) is 4.90. The lowest BCUT2D eigenvalue weighted by molar-refractivity contribution is -0.122. The molecule has 1 atom stereocenters. The molecule has 1 aliphatic rings. The maximum atomic E-state index is 11.9. The summed E-state index contributed by atoms with van der Waals surface area (Å²) in [6.45, 7) is 4.80. The molecule has 1 fully saturated rings. The number of hydrogen-bond acceptors (Lipinski definition) is 4. The van der Waals surface area contributed by atoms with E-state index in [1.165, 1.54) is 11.8 Å². The number of hydrogen-bond donors (Lipinski definition) is 2. The number of aliphatic imine (C=N–C) groups is 1. The van der Waals surface area contributed by atoms with Crippen molar-refractivity contribution >= 4 is 34.4 Å². The number of nitrogens with zero attached hydrogens (tertiary/aromatic N) is 1. The van der Waals surface area contributed by atoms with Crippen LogP contribution in [0.2, 0.25) is 0 Å². The largest absolute Gasteiger partial charge is 0.326 e. The van der Waals surface area contributed by atoms with Crippen molar-refractivity contribution in [2.24, 2.45) is 10.9 Å². The summed E-state index contributed by atoms with van der Waals surface area (Å²) >= 11 is 1.33. The molecule has 2 rings (SSSR count). The van der Waals surface area contributed by atoms with Crippen molar-refractivity contribution in [3.05, 3.63) is 30.3 Å². The van der Waals surface area contributed by atoms with Crippen molar-refractivity contribution in [1.29, 1.82) is 0 Å². The molecule has 21 heavy (non-hydrogen) atoms. The standard InChI is InChI=1S/C15H19N3O2S/c1-10(2)9-16-15-18-14(20)12(21-15)8-13(19)17-11-6-4-3-5-7-11/h3-7,10,12H,8-9H2,1-2H3,(H,17,19)(H,16,18,20)/t12-/m0/s1. The van der Waals surface area contributed by atoms with Crippen LogP contribution < -0.4 is 10.6 Å². The molecule has 0 saturated carbocycles. The molecule has 112 valence electrons. The molecule has 6 heteroatoms. The summed E-state index contributed by atoms with van der Waals surface area (Å²) in [5.74, 6) is 0.125. The van der Waals surface area contributed by atoms with Crippen molar-refractivity contribution in [3.8, 4) is 0 Å². The number of para-hydroxylation sites is 1. The van der Waals surface area contributed by atoms with Crippen molar-refractivity contribution in [1.82, 2.24) is 5.32 Å². The van der Waals surface area contributed by atoms with Gasteiger partial charge in [0.2, 0.25) is 11.8 Å². The molecule has 1 heterocycles. The van der Waals surface area contributed by atoms with Gasteiger partial charge in [-0.3, -0.25) is 14.6 Å². The third-order valence-corrected chi connectivity index (χ3v) is 3.92. The van der Waals surface area contributed by atoms with Crippen LogP contribution in [0.5, 0.6) is 0 Å². The van der Waals surface area contributed by atoms with Gasteiger partial charge in [0.05, 0.1) is 0 Å². The minimum Gasteiger partial charge on any atom is -0.326 e. The van der Waals surface area contributed by atoms with Crippen LogP contribution in [-0.4, -0.2) is 28.8 Å². The maximum absolute atomic E-state index is 11.9. The second-order valence-electron chi connectivity index (χ2n) is 5.25. The van der Waals surface area contributed by atoms with Crippen LogP contribution in [0.25, 0.3) is 0 Å². The Morgan fingerprint density at radius 1 is 1.38 bits per heavy atom. The van der Waals surface area contributed by atoms with Crippen molar-refractivity contribution in [2.75, 3.05) is 11.9 Å². The van der Waals surface area contributed by atoms with E-state index < -0.39 is 5.25 Å². The van der Waals surface area contributed by atoms with Gasteiger partial charge in [-0.1, -0.05) is 43.8 Å². The van der Waals surface area contributed by atoms with Gasteiger partial charge in [0, 0.05) is 18.7 Å². The summed E-state index contributed by atoms with van der Waals surface area (Å²) < 4.78 is 0. The van der Waals surface area contributed by atoms with Crippen molar-refractivity contribution in [2.45, 2.75) is 25.5 Å². The molecule has 5 nitrogen and oxygen atoms in total. The van der Waals surface area contributed by atoms with Crippen molar-refractivity contribution in [3.63, 3.8) is 0 Å². The fraction of sp³-hybridized carbons (Fsp3) is 0.400. The smallest absolute Gasteiger partial charge is 0.240 e. The number of anilines is 1. The zero-order chi connectivity index (χ0) is 15.2. The number of carbonyl (C=O) groups is 2. The zero-order valence-corrected chi connectivity index (χ0v) is 12.9. The zero-order valence-electron chi connectivity index (χ0n) is 12.1. The lowest BCUT2D eigenvalue weighted by Gasteiger charge is -2.07. The monoisotopic (exact) mass is 305 g/mol. The predicted molar refractivity (Wildman–Crippen MR) is 86.4 cm³/mol. The molecule has 2 amide bonds. The van der Waals surface area contributed by atoms with Gasteiger partial charge in [0.1, 0.15) is 5.25 Å². The van der Waals surface area contributed by atoms with Crippen LogP contribution in [0.3, 0.4) is 0 Å². The van der Waals surface area contributed by atoms with E-state index in [1.807, 2.05) is 30.3 Å². The number of nitrogens with one attached hydrogen (secondary N) is 2. The predicted octanol–water partition coefficient (Wildman–Crippen LogP) is 2.26. The van der Waals surface area contributed by atoms with Crippen LogP contribution in [0.15, 0.2) is 35.3 Å².